The van der Waals surface area contributed by atoms with Crippen molar-refractivity contribution in [3.63, 3.8) is 0 Å². The van der Waals surface area contributed by atoms with Crippen molar-refractivity contribution in [3.05, 3.63) is 17.7 Å². The third kappa shape index (κ3) is 2.85. The lowest BCUT2D eigenvalue weighted by Crippen LogP contribution is -2.41. The van der Waals surface area contributed by atoms with Crippen molar-refractivity contribution in [1.29, 1.82) is 0 Å². The fourth-order valence-electron chi connectivity index (χ4n) is 2.39. The van der Waals surface area contributed by atoms with Gasteiger partial charge in [0.2, 0.25) is 0 Å². The van der Waals surface area contributed by atoms with Crippen LogP contribution < -0.4 is 4.84 Å². The molecule has 10 heteroatoms. The number of ether oxygens (including phenoxy) is 1. The maximum Gasteiger partial charge on any atom is 0.493 e. The van der Waals surface area contributed by atoms with Crippen molar-refractivity contribution in [3.8, 4) is 0 Å². The summed E-state index contributed by atoms with van der Waals surface area (Å²) < 4.78 is 42.1. The van der Waals surface area contributed by atoms with E-state index < -0.39 is 24.3 Å². The molecule has 0 N–H and O–H groups in total. The average molecular weight is 321 g/mol. The number of carbonyl (C=O) groups excluding carboxylic acids is 2. The van der Waals surface area contributed by atoms with Crippen molar-refractivity contribution >= 4 is 12.1 Å². The van der Waals surface area contributed by atoms with Gasteiger partial charge in [0.15, 0.2) is 0 Å². The van der Waals surface area contributed by atoms with E-state index in [1.165, 1.54) is 12.0 Å². The molecule has 1 unspecified atom stereocenters. The first-order valence-electron chi connectivity index (χ1n) is 6.49. The Morgan fingerprint density at radius 2 is 2.14 bits per heavy atom. The first-order valence-corrected chi connectivity index (χ1v) is 6.49. The molecule has 0 saturated carbocycles. The Bertz CT molecular complexity index is 585. The van der Waals surface area contributed by atoms with Gasteiger partial charge in [0.05, 0.1) is 24.5 Å². The number of halogens is 3. The number of hydrogen-bond donors (Lipinski definition) is 0. The highest BCUT2D eigenvalue weighted by molar-refractivity contribution is 5.76. The number of carbonyl (C=O) groups is 2. The second-order valence-corrected chi connectivity index (χ2v) is 4.62. The van der Waals surface area contributed by atoms with Crippen LogP contribution in [0.2, 0.25) is 0 Å². The molecule has 1 aliphatic heterocycles. The standard InChI is InChI=1S/C12H14F3N3O4/c1-3-7-9-8(4-5-17(7)11(20)21-2)18(6-16-9)22-10(19)12(13,14)15/h6-7H,3-5H2,1-2H3. The van der Waals surface area contributed by atoms with E-state index in [2.05, 4.69) is 14.6 Å². The lowest BCUT2D eigenvalue weighted by Gasteiger charge is -2.33. The van der Waals surface area contributed by atoms with E-state index in [1.54, 1.807) is 6.92 Å². The minimum Gasteiger partial charge on any atom is -0.453 e. The van der Waals surface area contributed by atoms with Crippen LogP contribution in [-0.2, 0) is 16.0 Å². The van der Waals surface area contributed by atoms with Crippen LogP contribution in [0.3, 0.4) is 0 Å². The van der Waals surface area contributed by atoms with Crippen LogP contribution in [-0.4, -0.2) is 46.5 Å². The summed E-state index contributed by atoms with van der Waals surface area (Å²) >= 11 is 0. The number of hydrogen-bond acceptors (Lipinski definition) is 5. The van der Waals surface area contributed by atoms with Gasteiger partial charge in [-0.1, -0.05) is 6.92 Å². The Morgan fingerprint density at radius 1 is 1.45 bits per heavy atom. The number of amides is 1. The van der Waals surface area contributed by atoms with E-state index in [1.807, 2.05) is 0 Å². The molecule has 0 aliphatic carbocycles. The molecule has 2 heterocycles. The van der Waals surface area contributed by atoms with Gasteiger partial charge in [0.1, 0.15) is 6.33 Å². The molecule has 2 rings (SSSR count). The van der Waals surface area contributed by atoms with Crippen LogP contribution >= 0.6 is 0 Å². The van der Waals surface area contributed by atoms with E-state index in [-0.39, 0.29) is 13.0 Å². The zero-order valence-corrected chi connectivity index (χ0v) is 11.9. The van der Waals surface area contributed by atoms with Crippen LogP contribution in [0.4, 0.5) is 18.0 Å². The van der Waals surface area contributed by atoms with E-state index in [9.17, 15) is 22.8 Å². The van der Waals surface area contributed by atoms with Gasteiger partial charge < -0.3 is 9.57 Å². The first-order chi connectivity index (χ1) is 10.3. The van der Waals surface area contributed by atoms with Gasteiger partial charge in [0, 0.05) is 13.0 Å². The van der Waals surface area contributed by atoms with Gasteiger partial charge in [-0.05, 0) is 6.42 Å². The third-order valence-electron chi connectivity index (χ3n) is 3.35. The van der Waals surface area contributed by atoms with Crippen molar-refractivity contribution in [2.75, 3.05) is 13.7 Å². The number of aromatic nitrogens is 2. The van der Waals surface area contributed by atoms with Crippen LogP contribution in [0, 0.1) is 0 Å². The molecule has 1 aromatic heterocycles. The zero-order chi connectivity index (χ0) is 16.5. The Balaban J connectivity index is 2.27. The molecule has 0 spiro atoms. The van der Waals surface area contributed by atoms with Crippen molar-refractivity contribution in [2.24, 2.45) is 0 Å². The van der Waals surface area contributed by atoms with Crippen LogP contribution in [0.25, 0.3) is 0 Å². The normalized spacial score (nSPS) is 17.9. The summed E-state index contributed by atoms with van der Waals surface area (Å²) in [5.74, 6) is -2.32. The second kappa shape index (κ2) is 5.85. The second-order valence-electron chi connectivity index (χ2n) is 4.62. The number of methoxy groups -OCH3 is 1. The fraction of sp³-hybridized carbons (Fsp3) is 0.583. The molecule has 1 atom stereocenters. The molecule has 0 saturated heterocycles. The van der Waals surface area contributed by atoms with Gasteiger partial charge in [-0.3, -0.25) is 4.90 Å². The summed E-state index contributed by atoms with van der Waals surface area (Å²) in [6, 6.07) is -0.443. The first kappa shape index (κ1) is 16.1. The van der Waals surface area contributed by atoms with E-state index in [0.29, 0.717) is 22.5 Å². The summed E-state index contributed by atoms with van der Waals surface area (Å²) in [5, 5.41) is 0. The van der Waals surface area contributed by atoms with Crippen LogP contribution in [0.1, 0.15) is 30.8 Å². The molecular weight excluding hydrogens is 307 g/mol. The lowest BCUT2D eigenvalue weighted by atomic mass is 10.0. The summed E-state index contributed by atoms with van der Waals surface area (Å²) in [5.41, 5.74) is 0.735. The molecule has 22 heavy (non-hydrogen) atoms. The van der Waals surface area contributed by atoms with Gasteiger partial charge in [0.25, 0.3) is 0 Å². The minimum atomic E-state index is -5.09. The smallest absolute Gasteiger partial charge is 0.453 e. The summed E-state index contributed by atoms with van der Waals surface area (Å²) in [4.78, 5) is 32.3. The summed E-state index contributed by atoms with van der Waals surface area (Å²) in [7, 11) is 1.24. The van der Waals surface area contributed by atoms with Crippen molar-refractivity contribution in [1.82, 2.24) is 14.6 Å². The lowest BCUT2D eigenvalue weighted by molar-refractivity contribution is -0.200. The van der Waals surface area contributed by atoms with Gasteiger partial charge in [-0.2, -0.15) is 17.9 Å². The highest BCUT2D eigenvalue weighted by atomic mass is 19.4. The molecular formula is C12H14F3N3O4. The maximum atomic E-state index is 12.3. The summed E-state index contributed by atoms with van der Waals surface area (Å²) in [6.07, 6.45) is -3.94. The topological polar surface area (TPSA) is 73.7 Å². The molecule has 7 nitrogen and oxygen atoms in total. The Labute approximate surface area is 123 Å². The van der Waals surface area contributed by atoms with Gasteiger partial charge >= 0.3 is 18.2 Å². The van der Waals surface area contributed by atoms with Crippen molar-refractivity contribution in [2.45, 2.75) is 32.0 Å². The Hall–Kier alpha value is -2.26. The fourth-order valence-corrected chi connectivity index (χ4v) is 2.39. The Kier molecular flexibility index (Phi) is 4.29. The largest absolute Gasteiger partial charge is 0.493 e. The molecule has 0 bridgehead atoms. The zero-order valence-electron chi connectivity index (χ0n) is 11.9. The molecule has 1 aromatic rings. The SMILES string of the molecule is CCC1c2ncn(OC(=O)C(F)(F)F)c2CCN1C(=O)OC. The van der Waals surface area contributed by atoms with Gasteiger partial charge in [-0.25, -0.2) is 14.6 Å². The van der Waals surface area contributed by atoms with E-state index >= 15 is 0 Å². The summed E-state index contributed by atoms with van der Waals surface area (Å²) in [6.45, 7) is 2.03. The minimum absolute atomic E-state index is 0.200. The molecule has 1 aliphatic rings. The maximum absolute atomic E-state index is 12.3. The van der Waals surface area contributed by atoms with E-state index in [4.69, 9.17) is 0 Å². The monoisotopic (exact) mass is 321 g/mol. The predicted molar refractivity (Wildman–Crippen MR) is 65.7 cm³/mol. The molecule has 0 radical (unpaired) electrons. The predicted octanol–water partition coefficient (Wildman–Crippen LogP) is 1.48. The van der Waals surface area contributed by atoms with E-state index in [0.717, 1.165) is 6.33 Å². The third-order valence-corrected chi connectivity index (χ3v) is 3.35. The molecule has 122 valence electrons. The number of fused-ring (bicyclic) bond motifs is 1. The van der Waals surface area contributed by atoms with Crippen LogP contribution in [0.5, 0.6) is 0 Å². The highest BCUT2D eigenvalue weighted by Crippen LogP contribution is 2.31. The quantitative estimate of drug-likeness (QED) is 0.825. The number of rotatable bonds is 2. The van der Waals surface area contributed by atoms with Crippen molar-refractivity contribution < 1.29 is 32.3 Å². The van der Waals surface area contributed by atoms with Crippen LogP contribution in [0.15, 0.2) is 6.33 Å². The Morgan fingerprint density at radius 3 is 2.68 bits per heavy atom. The molecule has 0 aromatic carbocycles. The molecule has 1 amide bonds. The molecule has 0 fully saturated rings. The number of imidazole rings is 1. The number of alkyl halides is 3. The average Bonchev–Trinajstić information content (AvgIpc) is 2.87. The highest BCUT2D eigenvalue weighted by Gasteiger charge is 2.43. The number of nitrogens with zero attached hydrogens (tertiary/aromatic N) is 3. The van der Waals surface area contributed by atoms with Gasteiger partial charge in [-0.15, -0.1) is 0 Å².